The first-order valence-corrected chi connectivity index (χ1v) is 8.72. The minimum Gasteiger partial charge on any atom is -0.504 e. The lowest BCUT2D eigenvalue weighted by Crippen LogP contribution is -2.36. The summed E-state index contributed by atoms with van der Waals surface area (Å²) in [6.45, 7) is 4.11. The molecule has 1 aliphatic carbocycles. The number of phenols is 1. The number of aromatic nitrogens is 2. The summed E-state index contributed by atoms with van der Waals surface area (Å²) in [7, 11) is 1.48. The number of Topliss-reactive ketones (excluding diaryl/α,β-unsaturated/α-hetero) is 1. The van der Waals surface area contributed by atoms with Gasteiger partial charge in [0.15, 0.2) is 17.3 Å². The molecular formula is C20H20N4O3. The molecule has 0 spiro atoms. The van der Waals surface area contributed by atoms with Crippen LogP contribution in [0.3, 0.4) is 0 Å². The number of nitrogens with zero attached hydrogens (tertiary/aromatic N) is 3. The van der Waals surface area contributed by atoms with Crippen LogP contribution in [0, 0.1) is 16.7 Å². The molecule has 0 saturated carbocycles. The van der Waals surface area contributed by atoms with Crippen LogP contribution in [-0.2, 0) is 4.79 Å². The number of allylic oxidation sites excluding steroid dienone is 2. The fourth-order valence-corrected chi connectivity index (χ4v) is 3.98. The van der Waals surface area contributed by atoms with Crippen molar-refractivity contribution in [3.05, 3.63) is 46.8 Å². The summed E-state index contributed by atoms with van der Waals surface area (Å²) in [5.74, 6) is 0.973. The third kappa shape index (κ3) is 2.65. The Bertz CT molecular complexity index is 1030. The molecular weight excluding hydrogens is 344 g/mol. The molecule has 1 aromatic carbocycles. The van der Waals surface area contributed by atoms with Crippen molar-refractivity contribution in [3.63, 3.8) is 0 Å². The number of phenolic OH excluding ortho intramolecular Hbond substituents is 1. The van der Waals surface area contributed by atoms with Gasteiger partial charge in [-0.25, -0.2) is 4.68 Å². The van der Waals surface area contributed by atoms with Crippen LogP contribution in [0.15, 0.2) is 35.7 Å². The summed E-state index contributed by atoms with van der Waals surface area (Å²) in [6, 6.07) is 6.70. The van der Waals surface area contributed by atoms with Crippen molar-refractivity contribution in [3.8, 4) is 17.6 Å². The largest absolute Gasteiger partial charge is 0.504 e. The van der Waals surface area contributed by atoms with E-state index in [9.17, 15) is 15.2 Å². The van der Waals surface area contributed by atoms with Gasteiger partial charge in [0.05, 0.1) is 13.3 Å². The standard InChI is InChI=1S/C20H20N4O3/c1-20(2)7-13-17(15(26)8-20)18(11-4-5-16(27-3)14(25)6-11)24-19(23-13)12(9-21)10-22-24/h4-6,10,18,23,25H,7-8H2,1-3H3. The molecule has 138 valence electrons. The lowest BCUT2D eigenvalue weighted by Gasteiger charge is -2.39. The number of benzene rings is 1. The molecule has 1 atom stereocenters. The number of fused-ring (bicyclic) bond motifs is 1. The highest BCUT2D eigenvalue weighted by Gasteiger charge is 2.41. The van der Waals surface area contributed by atoms with E-state index in [1.54, 1.807) is 16.8 Å². The second-order valence-corrected chi connectivity index (χ2v) is 7.76. The molecule has 2 N–H and O–H groups in total. The van der Waals surface area contributed by atoms with Crippen molar-refractivity contribution >= 4 is 11.6 Å². The molecule has 0 radical (unpaired) electrons. The van der Waals surface area contributed by atoms with Crippen molar-refractivity contribution in [2.24, 2.45) is 5.41 Å². The highest BCUT2D eigenvalue weighted by molar-refractivity contribution is 6.00. The molecule has 1 unspecified atom stereocenters. The second kappa shape index (κ2) is 5.88. The summed E-state index contributed by atoms with van der Waals surface area (Å²) in [5.41, 5.74) is 2.43. The van der Waals surface area contributed by atoms with Crippen molar-refractivity contribution in [2.45, 2.75) is 32.7 Å². The van der Waals surface area contributed by atoms with Gasteiger partial charge >= 0.3 is 0 Å². The van der Waals surface area contributed by atoms with Crippen molar-refractivity contribution in [1.82, 2.24) is 9.78 Å². The van der Waals surface area contributed by atoms with E-state index in [1.165, 1.54) is 13.3 Å². The van der Waals surface area contributed by atoms with Crippen LogP contribution in [-0.4, -0.2) is 27.8 Å². The van der Waals surface area contributed by atoms with Gasteiger partial charge in [-0.2, -0.15) is 10.4 Å². The topological polar surface area (TPSA) is 100 Å². The first kappa shape index (κ1) is 17.2. The van der Waals surface area contributed by atoms with E-state index >= 15 is 0 Å². The molecule has 1 aliphatic heterocycles. The van der Waals surface area contributed by atoms with Gasteiger partial charge in [0.2, 0.25) is 0 Å². The molecule has 2 aliphatic rings. The third-order valence-electron chi connectivity index (χ3n) is 5.14. The minimum atomic E-state index is -0.501. The predicted octanol–water partition coefficient (Wildman–Crippen LogP) is 3.13. The molecule has 0 bridgehead atoms. The fourth-order valence-electron chi connectivity index (χ4n) is 3.98. The quantitative estimate of drug-likeness (QED) is 0.849. The minimum absolute atomic E-state index is 0.00603. The molecule has 2 aromatic rings. The fraction of sp³-hybridized carbons (Fsp3) is 0.350. The van der Waals surface area contributed by atoms with Crippen LogP contribution in [0.2, 0.25) is 0 Å². The van der Waals surface area contributed by atoms with Crippen LogP contribution in [0.25, 0.3) is 0 Å². The zero-order chi connectivity index (χ0) is 19.3. The summed E-state index contributed by atoms with van der Waals surface area (Å²) in [5, 5.41) is 27.3. The summed E-state index contributed by atoms with van der Waals surface area (Å²) in [6.07, 6.45) is 2.63. The van der Waals surface area contributed by atoms with E-state index in [-0.39, 0.29) is 16.9 Å². The van der Waals surface area contributed by atoms with Crippen LogP contribution < -0.4 is 10.1 Å². The average molecular weight is 364 g/mol. The number of ketones is 1. The Labute approximate surface area is 156 Å². The zero-order valence-electron chi connectivity index (χ0n) is 15.4. The highest BCUT2D eigenvalue weighted by Crippen LogP contribution is 2.47. The third-order valence-corrected chi connectivity index (χ3v) is 5.14. The first-order chi connectivity index (χ1) is 12.8. The van der Waals surface area contributed by atoms with Crippen molar-refractivity contribution < 1.29 is 14.6 Å². The van der Waals surface area contributed by atoms with Gasteiger partial charge in [0.25, 0.3) is 0 Å². The SMILES string of the molecule is COc1ccc(C2C3=C(CC(C)(C)CC3=O)Nc3c(C#N)cnn32)cc1O. The lowest BCUT2D eigenvalue weighted by molar-refractivity contribution is -0.118. The van der Waals surface area contributed by atoms with Gasteiger partial charge in [-0.05, 0) is 29.5 Å². The van der Waals surface area contributed by atoms with Crippen molar-refractivity contribution in [2.75, 3.05) is 12.4 Å². The molecule has 0 saturated heterocycles. The highest BCUT2D eigenvalue weighted by atomic mass is 16.5. The van der Waals surface area contributed by atoms with Gasteiger partial charge in [0, 0.05) is 17.7 Å². The number of hydrogen-bond donors (Lipinski definition) is 2. The number of methoxy groups -OCH3 is 1. The Morgan fingerprint density at radius 1 is 1.41 bits per heavy atom. The number of hydrogen-bond acceptors (Lipinski definition) is 6. The van der Waals surface area contributed by atoms with Crippen molar-refractivity contribution in [1.29, 1.82) is 5.26 Å². The second-order valence-electron chi connectivity index (χ2n) is 7.76. The predicted molar refractivity (Wildman–Crippen MR) is 98.4 cm³/mol. The van der Waals surface area contributed by atoms with E-state index < -0.39 is 6.04 Å². The number of nitriles is 1. The Morgan fingerprint density at radius 3 is 2.85 bits per heavy atom. The number of carbonyl (C=O) groups excluding carboxylic acids is 1. The van der Waals surface area contributed by atoms with E-state index in [2.05, 4.69) is 30.3 Å². The van der Waals surface area contributed by atoms with Gasteiger partial charge in [-0.1, -0.05) is 19.9 Å². The summed E-state index contributed by atoms with van der Waals surface area (Å²) >= 11 is 0. The van der Waals surface area contributed by atoms with E-state index in [0.717, 1.165) is 5.70 Å². The molecule has 4 rings (SSSR count). The molecule has 7 heteroatoms. The van der Waals surface area contributed by atoms with Gasteiger partial charge in [-0.3, -0.25) is 4.79 Å². The number of anilines is 1. The van der Waals surface area contributed by atoms with Crippen LogP contribution in [0.5, 0.6) is 11.5 Å². The molecule has 0 fully saturated rings. The summed E-state index contributed by atoms with van der Waals surface area (Å²) < 4.78 is 6.77. The Hall–Kier alpha value is -3.27. The number of aromatic hydroxyl groups is 1. The van der Waals surface area contributed by atoms with Gasteiger partial charge < -0.3 is 15.2 Å². The molecule has 27 heavy (non-hydrogen) atoms. The van der Waals surface area contributed by atoms with Gasteiger partial charge in [-0.15, -0.1) is 0 Å². The Kier molecular flexibility index (Phi) is 3.74. The summed E-state index contributed by atoms with van der Waals surface area (Å²) in [4.78, 5) is 13.0. The zero-order valence-corrected chi connectivity index (χ0v) is 15.4. The van der Waals surface area contributed by atoms with E-state index in [1.807, 2.05) is 6.07 Å². The number of carbonyl (C=O) groups is 1. The number of nitrogens with one attached hydrogen (secondary N) is 1. The number of ether oxygens (including phenoxy) is 1. The van der Waals surface area contributed by atoms with Crippen LogP contribution >= 0.6 is 0 Å². The average Bonchev–Trinajstić information content (AvgIpc) is 3.01. The van der Waals surface area contributed by atoms with E-state index in [4.69, 9.17) is 4.74 Å². The molecule has 0 amide bonds. The maximum absolute atomic E-state index is 13.0. The molecule has 2 heterocycles. The first-order valence-electron chi connectivity index (χ1n) is 8.72. The van der Waals surface area contributed by atoms with Crippen LogP contribution in [0.4, 0.5) is 5.82 Å². The Balaban J connectivity index is 1.93. The normalized spacial score (nSPS) is 20.4. The smallest absolute Gasteiger partial charge is 0.163 e. The maximum atomic E-state index is 13.0. The lowest BCUT2D eigenvalue weighted by atomic mass is 9.73. The van der Waals surface area contributed by atoms with E-state index in [0.29, 0.717) is 41.1 Å². The Morgan fingerprint density at radius 2 is 2.19 bits per heavy atom. The number of rotatable bonds is 2. The molecule has 1 aromatic heterocycles. The monoisotopic (exact) mass is 364 g/mol. The van der Waals surface area contributed by atoms with Gasteiger partial charge in [0.1, 0.15) is 23.5 Å². The molecule has 7 nitrogen and oxygen atoms in total. The van der Waals surface area contributed by atoms with Crippen LogP contribution in [0.1, 0.15) is 43.9 Å². The maximum Gasteiger partial charge on any atom is 0.163 e.